The van der Waals surface area contributed by atoms with Crippen molar-refractivity contribution >= 4 is 0 Å². The molecule has 0 amide bonds. The number of hydrogen-bond donors (Lipinski definition) is 1. The van der Waals surface area contributed by atoms with Gasteiger partial charge in [0, 0.05) is 12.1 Å². The maximum atomic E-state index is 5.58. The Hall–Kier alpha value is -1.09. The van der Waals surface area contributed by atoms with Gasteiger partial charge in [0.25, 0.3) is 0 Å². The Balaban J connectivity index is 2.78. The first-order chi connectivity index (χ1) is 6.77. The molecule has 0 aliphatic carbocycles. The average molecular weight is 194 g/mol. The minimum Gasteiger partial charge on any atom is -0.492 e. The molecule has 14 heavy (non-hydrogen) atoms. The van der Waals surface area contributed by atoms with Crippen LogP contribution in [0.3, 0.4) is 0 Å². The molecule has 78 valence electrons. The zero-order valence-corrected chi connectivity index (χ0v) is 8.92. The summed E-state index contributed by atoms with van der Waals surface area (Å²) in [6.45, 7) is 5.41. The largest absolute Gasteiger partial charge is 0.492 e. The molecule has 1 rings (SSSR count). The van der Waals surface area contributed by atoms with E-state index in [9.17, 15) is 0 Å². The summed E-state index contributed by atoms with van der Waals surface area (Å²) >= 11 is 0. The lowest BCUT2D eigenvalue weighted by Gasteiger charge is -2.09. The van der Waals surface area contributed by atoms with Gasteiger partial charge in [-0.1, -0.05) is 6.92 Å². The fraction of sp³-hybridized carbons (Fsp3) is 0.545. The van der Waals surface area contributed by atoms with Crippen LogP contribution in [0.1, 0.15) is 24.7 Å². The minimum atomic E-state index is 0.610. The van der Waals surface area contributed by atoms with Crippen LogP contribution in [0.4, 0.5) is 0 Å². The standard InChI is InChI=1S/C11H18N2O/c1-3-8-14-11-5-4-9(2)13-10(11)6-7-12/h4-5H,3,6-8,12H2,1-2H3. The Morgan fingerprint density at radius 3 is 2.86 bits per heavy atom. The lowest BCUT2D eigenvalue weighted by molar-refractivity contribution is 0.312. The monoisotopic (exact) mass is 194 g/mol. The summed E-state index contributed by atoms with van der Waals surface area (Å²) in [5, 5.41) is 0. The summed E-state index contributed by atoms with van der Waals surface area (Å²) in [4.78, 5) is 4.41. The van der Waals surface area contributed by atoms with E-state index in [1.165, 1.54) is 0 Å². The first kappa shape index (κ1) is 11.0. The van der Waals surface area contributed by atoms with E-state index in [0.717, 1.165) is 36.6 Å². The summed E-state index contributed by atoms with van der Waals surface area (Å²) in [5.74, 6) is 0.878. The van der Waals surface area contributed by atoms with Crippen LogP contribution in [0.25, 0.3) is 0 Å². The first-order valence-corrected chi connectivity index (χ1v) is 5.07. The summed E-state index contributed by atoms with van der Waals surface area (Å²) in [7, 11) is 0. The van der Waals surface area contributed by atoms with Crippen molar-refractivity contribution in [3.05, 3.63) is 23.5 Å². The SMILES string of the molecule is CCCOc1ccc(C)nc1CCN. The number of pyridine rings is 1. The molecule has 0 fully saturated rings. The molecular weight excluding hydrogens is 176 g/mol. The van der Waals surface area contributed by atoms with Crippen LogP contribution in [-0.4, -0.2) is 18.1 Å². The second-order valence-electron chi connectivity index (χ2n) is 3.28. The van der Waals surface area contributed by atoms with Crippen molar-refractivity contribution in [3.8, 4) is 5.75 Å². The first-order valence-electron chi connectivity index (χ1n) is 5.07. The van der Waals surface area contributed by atoms with Crippen molar-refractivity contribution in [2.45, 2.75) is 26.7 Å². The molecule has 0 unspecified atom stereocenters. The molecule has 0 radical (unpaired) electrons. The van der Waals surface area contributed by atoms with Crippen LogP contribution in [0.15, 0.2) is 12.1 Å². The topological polar surface area (TPSA) is 48.1 Å². The van der Waals surface area contributed by atoms with Crippen LogP contribution < -0.4 is 10.5 Å². The highest BCUT2D eigenvalue weighted by molar-refractivity contribution is 5.29. The number of hydrogen-bond acceptors (Lipinski definition) is 3. The van der Waals surface area contributed by atoms with E-state index < -0.39 is 0 Å². The maximum absolute atomic E-state index is 5.58. The van der Waals surface area contributed by atoms with Gasteiger partial charge in [-0.05, 0) is 32.0 Å². The maximum Gasteiger partial charge on any atom is 0.140 e. The van der Waals surface area contributed by atoms with Gasteiger partial charge >= 0.3 is 0 Å². The normalized spacial score (nSPS) is 10.2. The molecule has 0 aliphatic heterocycles. The summed E-state index contributed by atoms with van der Waals surface area (Å²) in [5.41, 5.74) is 7.50. The molecule has 0 aromatic carbocycles. The zero-order valence-electron chi connectivity index (χ0n) is 8.92. The molecule has 1 heterocycles. The van der Waals surface area contributed by atoms with Gasteiger partial charge in [-0.3, -0.25) is 4.98 Å². The quantitative estimate of drug-likeness (QED) is 0.775. The van der Waals surface area contributed by atoms with Gasteiger partial charge in [0.2, 0.25) is 0 Å². The number of nitrogens with two attached hydrogens (primary N) is 1. The van der Waals surface area contributed by atoms with Gasteiger partial charge in [-0.2, -0.15) is 0 Å². The van der Waals surface area contributed by atoms with Gasteiger partial charge in [0.15, 0.2) is 0 Å². The van der Waals surface area contributed by atoms with Crippen LogP contribution in [0.5, 0.6) is 5.75 Å². The Bertz CT molecular complexity index is 287. The van der Waals surface area contributed by atoms with E-state index in [0.29, 0.717) is 6.54 Å². The number of nitrogens with zero attached hydrogens (tertiary/aromatic N) is 1. The Labute approximate surface area is 85.3 Å². The number of ether oxygens (including phenoxy) is 1. The van der Waals surface area contributed by atoms with Crippen molar-refractivity contribution in [1.82, 2.24) is 4.98 Å². The highest BCUT2D eigenvalue weighted by Crippen LogP contribution is 2.17. The highest BCUT2D eigenvalue weighted by Gasteiger charge is 2.04. The van der Waals surface area contributed by atoms with E-state index >= 15 is 0 Å². The third kappa shape index (κ3) is 3.00. The Morgan fingerprint density at radius 2 is 2.21 bits per heavy atom. The smallest absolute Gasteiger partial charge is 0.140 e. The molecule has 3 heteroatoms. The van der Waals surface area contributed by atoms with Crippen molar-refractivity contribution in [2.75, 3.05) is 13.2 Å². The number of rotatable bonds is 5. The summed E-state index contributed by atoms with van der Waals surface area (Å²) < 4.78 is 5.58. The number of aryl methyl sites for hydroxylation is 1. The van der Waals surface area contributed by atoms with Crippen LogP contribution >= 0.6 is 0 Å². The molecule has 3 nitrogen and oxygen atoms in total. The second kappa shape index (κ2) is 5.60. The third-order valence-corrected chi connectivity index (χ3v) is 1.91. The summed E-state index contributed by atoms with van der Waals surface area (Å²) in [6.07, 6.45) is 1.79. The van der Waals surface area contributed by atoms with Crippen LogP contribution in [-0.2, 0) is 6.42 Å². The van der Waals surface area contributed by atoms with Crippen molar-refractivity contribution in [1.29, 1.82) is 0 Å². The minimum absolute atomic E-state index is 0.610. The molecule has 0 bridgehead atoms. The van der Waals surface area contributed by atoms with Crippen molar-refractivity contribution in [3.63, 3.8) is 0 Å². The van der Waals surface area contributed by atoms with Crippen LogP contribution in [0.2, 0.25) is 0 Å². The lowest BCUT2D eigenvalue weighted by Crippen LogP contribution is -2.08. The Kier molecular flexibility index (Phi) is 4.40. The fourth-order valence-corrected chi connectivity index (χ4v) is 1.26. The molecule has 0 atom stereocenters. The molecule has 0 saturated carbocycles. The zero-order chi connectivity index (χ0) is 10.4. The van der Waals surface area contributed by atoms with E-state index in [4.69, 9.17) is 10.5 Å². The number of aromatic nitrogens is 1. The van der Waals surface area contributed by atoms with E-state index in [1.54, 1.807) is 0 Å². The van der Waals surface area contributed by atoms with Crippen molar-refractivity contribution < 1.29 is 4.74 Å². The van der Waals surface area contributed by atoms with Gasteiger partial charge < -0.3 is 10.5 Å². The van der Waals surface area contributed by atoms with Gasteiger partial charge in [0.05, 0.1) is 12.3 Å². The molecule has 1 aromatic rings. The molecule has 0 spiro atoms. The molecular formula is C11H18N2O. The molecule has 0 aliphatic rings. The van der Waals surface area contributed by atoms with Crippen molar-refractivity contribution in [2.24, 2.45) is 5.73 Å². The van der Waals surface area contributed by atoms with Crippen LogP contribution in [0, 0.1) is 6.92 Å². The molecule has 1 aromatic heterocycles. The van der Waals surface area contributed by atoms with E-state index in [2.05, 4.69) is 11.9 Å². The predicted molar refractivity (Wildman–Crippen MR) is 57.5 cm³/mol. The van der Waals surface area contributed by atoms with E-state index in [-0.39, 0.29) is 0 Å². The molecule has 0 saturated heterocycles. The van der Waals surface area contributed by atoms with E-state index in [1.807, 2.05) is 19.1 Å². The predicted octanol–water partition coefficient (Wildman–Crippen LogP) is 1.68. The highest BCUT2D eigenvalue weighted by atomic mass is 16.5. The van der Waals surface area contributed by atoms with Gasteiger partial charge in [-0.15, -0.1) is 0 Å². The van der Waals surface area contributed by atoms with Gasteiger partial charge in [-0.25, -0.2) is 0 Å². The lowest BCUT2D eigenvalue weighted by atomic mass is 10.2. The average Bonchev–Trinajstić information content (AvgIpc) is 2.17. The summed E-state index contributed by atoms with van der Waals surface area (Å²) in [6, 6.07) is 3.94. The molecule has 2 N–H and O–H groups in total. The van der Waals surface area contributed by atoms with Gasteiger partial charge in [0.1, 0.15) is 5.75 Å². The third-order valence-electron chi connectivity index (χ3n) is 1.91. The fourth-order valence-electron chi connectivity index (χ4n) is 1.26. The Morgan fingerprint density at radius 1 is 1.43 bits per heavy atom. The second-order valence-corrected chi connectivity index (χ2v) is 3.28.